The van der Waals surface area contributed by atoms with Crippen molar-refractivity contribution in [2.24, 2.45) is 0 Å². The van der Waals surface area contributed by atoms with E-state index >= 15 is 0 Å². The Morgan fingerprint density at radius 2 is 1.54 bits per heavy atom. The molecule has 0 unspecified atom stereocenters. The second kappa shape index (κ2) is 11.9. The van der Waals surface area contributed by atoms with Crippen LogP contribution in [0.2, 0.25) is 0 Å². The van der Waals surface area contributed by atoms with E-state index in [1.807, 2.05) is 60.7 Å². The van der Waals surface area contributed by atoms with E-state index in [9.17, 15) is 9.59 Å². The van der Waals surface area contributed by atoms with Crippen molar-refractivity contribution in [1.82, 2.24) is 5.32 Å². The first-order valence-electron chi connectivity index (χ1n) is 12.0. The van der Waals surface area contributed by atoms with Crippen molar-refractivity contribution in [2.75, 3.05) is 26.1 Å². The Labute approximate surface area is 216 Å². The summed E-state index contributed by atoms with van der Waals surface area (Å²) in [4.78, 5) is 25.9. The van der Waals surface area contributed by atoms with Crippen molar-refractivity contribution in [3.63, 3.8) is 0 Å². The summed E-state index contributed by atoms with van der Waals surface area (Å²) in [7, 11) is 3.17. The number of carbonyl (C=O) groups is 2. The van der Waals surface area contributed by atoms with Crippen LogP contribution in [0.3, 0.4) is 0 Å². The molecule has 0 saturated carbocycles. The van der Waals surface area contributed by atoms with Crippen LogP contribution in [-0.2, 0) is 11.2 Å². The lowest BCUT2D eigenvalue weighted by Gasteiger charge is -2.17. The molecule has 2 N–H and O–H groups in total. The van der Waals surface area contributed by atoms with Crippen LogP contribution in [0.1, 0.15) is 22.8 Å². The van der Waals surface area contributed by atoms with Gasteiger partial charge in [0.05, 0.1) is 25.5 Å². The summed E-state index contributed by atoms with van der Waals surface area (Å²) in [5, 5.41) is 7.72. The van der Waals surface area contributed by atoms with E-state index in [-0.39, 0.29) is 11.8 Å². The second-order valence-electron chi connectivity index (χ2n) is 8.47. The van der Waals surface area contributed by atoms with Gasteiger partial charge in [0.2, 0.25) is 0 Å². The van der Waals surface area contributed by atoms with Crippen molar-refractivity contribution >= 4 is 28.3 Å². The molecule has 7 heteroatoms. The number of rotatable bonds is 10. The van der Waals surface area contributed by atoms with E-state index in [2.05, 4.69) is 10.6 Å². The standard InChI is InChI=1S/C30H30N2O5/c1-20(37-26-14-8-10-22-9-4-5-11-23(22)26)29(33)32-25-13-7-6-12-24(25)30(34)31-18-17-21-15-16-27(35-2)28(19-21)36-3/h4-16,19-20H,17-18H2,1-3H3,(H,31,34)(H,32,33)/t20-/m1/s1. The van der Waals surface area contributed by atoms with E-state index in [1.54, 1.807) is 45.4 Å². The normalized spacial score (nSPS) is 11.4. The average molecular weight is 499 g/mol. The highest BCUT2D eigenvalue weighted by Crippen LogP contribution is 2.28. The smallest absolute Gasteiger partial charge is 0.265 e. The van der Waals surface area contributed by atoms with Crippen molar-refractivity contribution in [3.05, 3.63) is 96.1 Å². The number of nitrogens with one attached hydrogen (secondary N) is 2. The highest BCUT2D eigenvalue weighted by Gasteiger charge is 2.19. The van der Waals surface area contributed by atoms with Crippen LogP contribution in [0.4, 0.5) is 5.69 Å². The lowest BCUT2D eigenvalue weighted by Crippen LogP contribution is -2.32. The zero-order chi connectivity index (χ0) is 26.2. The molecule has 0 aromatic heterocycles. The zero-order valence-corrected chi connectivity index (χ0v) is 21.1. The van der Waals surface area contributed by atoms with E-state index in [0.717, 1.165) is 16.3 Å². The molecule has 4 aromatic carbocycles. The Bertz CT molecular complexity index is 1400. The number of methoxy groups -OCH3 is 2. The van der Waals surface area contributed by atoms with Gasteiger partial charge in [-0.15, -0.1) is 0 Å². The first-order chi connectivity index (χ1) is 18.0. The Kier molecular flexibility index (Phi) is 8.26. The predicted octanol–water partition coefficient (Wildman–Crippen LogP) is 5.24. The Balaban J connectivity index is 1.38. The maximum atomic E-state index is 12.9. The minimum Gasteiger partial charge on any atom is -0.493 e. The van der Waals surface area contributed by atoms with E-state index < -0.39 is 6.10 Å². The molecule has 0 aliphatic heterocycles. The summed E-state index contributed by atoms with van der Waals surface area (Å²) in [5.74, 6) is 1.29. The van der Waals surface area contributed by atoms with Crippen LogP contribution in [0.5, 0.6) is 17.2 Å². The van der Waals surface area contributed by atoms with E-state index in [0.29, 0.717) is 41.5 Å². The van der Waals surface area contributed by atoms with Gasteiger partial charge in [0.1, 0.15) is 5.75 Å². The summed E-state index contributed by atoms with van der Waals surface area (Å²) < 4.78 is 16.6. The number of para-hydroxylation sites is 1. The summed E-state index contributed by atoms with van der Waals surface area (Å²) >= 11 is 0. The third-order valence-electron chi connectivity index (χ3n) is 6.00. The molecular weight excluding hydrogens is 468 g/mol. The van der Waals surface area contributed by atoms with Crippen molar-refractivity contribution in [3.8, 4) is 17.2 Å². The number of amides is 2. The first-order valence-corrected chi connectivity index (χ1v) is 12.0. The highest BCUT2D eigenvalue weighted by molar-refractivity contribution is 6.04. The van der Waals surface area contributed by atoms with E-state index in [4.69, 9.17) is 14.2 Å². The van der Waals surface area contributed by atoms with Crippen LogP contribution < -0.4 is 24.8 Å². The molecule has 0 radical (unpaired) electrons. The van der Waals surface area contributed by atoms with Gasteiger partial charge in [0.15, 0.2) is 17.6 Å². The first kappa shape index (κ1) is 25.6. The number of ether oxygens (including phenoxy) is 3. The molecule has 190 valence electrons. The van der Waals surface area contributed by atoms with Gasteiger partial charge in [0, 0.05) is 11.9 Å². The Morgan fingerprint density at radius 3 is 2.35 bits per heavy atom. The Morgan fingerprint density at radius 1 is 0.811 bits per heavy atom. The summed E-state index contributed by atoms with van der Waals surface area (Å²) in [6.45, 7) is 2.10. The summed E-state index contributed by atoms with van der Waals surface area (Å²) in [6.07, 6.45) is -0.164. The molecule has 4 aromatic rings. The van der Waals surface area contributed by atoms with Crippen molar-refractivity contribution in [1.29, 1.82) is 0 Å². The number of carbonyl (C=O) groups excluding carboxylic acids is 2. The highest BCUT2D eigenvalue weighted by atomic mass is 16.5. The predicted molar refractivity (Wildman–Crippen MR) is 145 cm³/mol. The number of benzene rings is 4. The minimum atomic E-state index is -0.771. The maximum Gasteiger partial charge on any atom is 0.265 e. The largest absolute Gasteiger partial charge is 0.493 e. The summed E-state index contributed by atoms with van der Waals surface area (Å²) in [6, 6.07) is 26.1. The Hall–Kier alpha value is -4.52. The lowest BCUT2D eigenvalue weighted by molar-refractivity contribution is -0.122. The molecule has 7 nitrogen and oxygen atoms in total. The molecule has 0 fully saturated rings. The molecule has 0 spiro atoms. The monoisotopic (exact) mass is 498 g/mol. The molecule has 0 saturated heterocycles. The van der Waals surface area contributed by atoms with E-state index in [1.165, 1.54) is 0 Å². The van der Waals surface area contributed by atoms with Crippen LogP contribution in [0, 0.1) is 0 Å². The SMILES string of the molecule is COc1ccc(CCNC(=O)c2ccccc2NC(=O)[C@@H](C)Oc2cccc3ccccc23)cc1OC. The topological polar surface area (TPSA) is 85.9 Å². The number of hydrogen-bond donors (Lipinski definition) is 2. The van der Waals surface area contributed by atoms with Crippen molar-refractivity contribution < 1.29 is 23.8 Å². The molecule has 1 atom stereocenters. The third-order valence-corrected chi connectivity index (χ3v) is 6.00. The minimum absolute atomic E-state index is 0.279. The summed E-state index contributed by atoms with van der Waals surface area (Å²) in [5.41, 5.74) is 1.80. The van der Waals surface area contributed by atoms with Gasteiger partial charge in [-0.1, -0.05) is 54.6 Å². The van der Waals surface area contributed by atoms with Gasteiger partial charge >= 0.3 is 0 Å². The van der Waals surface area contributed by atoms with Crippen molar-refractivity contribution in [2.45, 2.75) is 19.4 Å². The fraction of sp³-hybridized carbons (Fsp3) is 0.200. The molecule has 37 heavy (non-hydrogen) atoms. The van der Waals surface area contributed by atoms with Crippen LogP contribution in [-0.4, -0.2) is 38.7 Å². The molecular formula is C30H30N2O5. The number of fused-ring (bicyclic) bond motifs is 1. The molecule has 2 amide bonds. The fourth-order valence-corrected chi connectivity index (χ4v) is 4.02. The van der Waals surface area contributed by atoms with Gasteiger partial charge in [-0.05, 0) is 54.6 Å². The number of hydrogen-bond acceptors (Lipinski definition) is 5. The van der Waals surface area contributed by atoms with Crippen LogP contribution in [0.15, 0.2) is 84.9 Å². The van der Waals surface area contributed by atoms with Crippen LogP contribution in [0.25, 0.3) is 10.8 Å². The van der Waals surface area contributed by atoms with Gasteiger partial charge in [-0.25, -0.2) is 0 Å². The molecule has 0 heterocycles. The molecule has 0 aliphatic carbocycles. The number of anilines is 1. The van der Waals surface area contributed by atoms with Gasteiger partial charge in [-0.3, -0.25) is 9.59 Å². The van der Waals surface area contributed by atoms with Gasteiger partial charge in [-0.2, -0.15) is 0 Å². The van der Waals surface area contributed by atoms with Crippen LogP contribution >= 0.6 is 0 Å². The molecule has 4 rings (SSSR count). The average Bonchev–Trinajstić information content (AvgIpc) is 2.93. The second-order valence-corrected chi connectivity index (χ2v) is 8.47. The molecule has 0 aliphatic rings. The van der Waals surface area contributed by atoms with Gasteiger partial charge < -0.3 is 24.8 Å². The van der Waals surface area contributed by atoms with Gasteiger partial charge in [0.25, 0.3) is 11.8 Å². The third kappa shape index (κ3) is 6.19. The quantitative estimate of drug-likeness (QED) is 0.313. The molecule has 0 bridgehead atoms. The lowest BCUT2D eigenvalue weighted by atomic mass is 10.1. The zero-order valence-electron chi connectivity index (χ0n) is 21.1. The maximum absolute atomic E-state index is 12.9. The fourth-order valence-electron chi connectivity index (χ4n) is 4.02.